The average Bonchev–Trinajstić information content (AvgIpc) is 2.84. The van der Waals surface area contributed by atoms with Gasteiger partial charge in [0, 0.05) is 5.39 Å². The SMILES string of the molecule is O=C(O)n1nc2c3cc4ccccc4cc3[nH]c(=O)n2c1=O. The van der Waals surface area contributed by atoms with Crippen LogP contribution in [0.1, 0.15) is 0 Å². The van der Waals surface area contributed by atoms with E-state index in [1.165, 1.54) is 0 Å². The molecule has 2 aromatic carbocycles. The predicted octanol–water partition coefficient (Wildman–Crippen LogP) is 1.02. The van der Waals surface area contributed by atoms with Gasteiger partial charge >= 0.3 is 17.5 Å². The van der Waals surface area contributed by atoms with Crippen LogP contribution in [-0.4, -0.2) is 30.4 Å². The Morgan fingerprint density at radius 1 is 1.14 bits per heavy atom. The van der Waals surface area contributed by atoms with E-state index >= 15 is 0 Å². The van der Waals surface area contributed by atoms with E-state index in [2.05, 4.69) is 10.1 Å². The monoisotopic (exact) mass is 296 g/mol. The number of rotatable bonds is 0. The zero-order valence-electron chi connectivity index (χ0n) is 11.0. The highest BCUT2D eigenvalue weighted by Gasteiger charge is 2.17. The average molecular weight is 296 g/mol. The van der Waals surface area contributed by atoms with E-state index in [-0.39, 0.29) is 10.3 Å². The lowest BCUT2D eigenvalue weighted by Gasteiger charge is -2.02. The van der Waals surface area contributed by atoms with Gasteiger partial charge in [-0.1, -0.05) is 24.3 Å². The van der Waals surface area contributed by atoms with Gasteiger partial charge in [0.2, 0.25) is 0 Å². The minimum absolute atomic E-state index is 0.0110. The van der Waals surface area contributed by atoms with Crippen LogP contribution in [0.4, 0.5) is 4.79 Å². The molecule has 2 N–H and O–H groups in total. The molecule has 8 nitrogen and oxygen atoms in total. The summed E-state index contributed by atoms with van der Waals surface area (Å²) in [6.45, 7) is 0. The highest BCUT2D eigenvalue weighted by Crippen LogP contribution is 2.22. The third kappa shape index (κ3) is 1.51. The second-order valence-electron chi connectivity index (χ2n) is 4.81. The van der Waals surface area contributed by atoms with Gasteiger partial charge in [-0.05, 0) is 22.9 Å². The molecule has 4 rings (SSSR count). The van der Waals surface area contributed by atoms with E-state index in [1.807, 2.05) is 24.3 Å². The van der Waals surface area contributed by atoms with Gasteiger partial charge in [-0.2, -0.15) is 4.40 Å². The van der Waals surface area contributed by atoms with Crippen molar-refractivity contribution in [2.24, 2.45) is 0 Å². The number of aromatic amines is 1. The maximum atomic E-state index is 12.0. The first-order valence-corrected chi connectivity index (χ1v) is 6.36. The molecular formula is C14H8N4O4. The number of benzene rings is 2. The van der Waals surface area contributed by atoms with Crippen LogP contribution in [0.15, 0.2) is 46.0 Å². The number of hydrogen-bond acceptors (Lipinski definition) is 4. The molecule has 0 aliphatic rings. The summed E-state index contributed by atoms with van der Waals surface area (Å²) >= 11 is 0. The number of carbonyl (C=O) groups is 1. The molecule has 0 fully saturated rings. The van der Waals surface area contributed by atoms with Gasteiger partial charge in [0.1, 0.15) is 0 Å². The molecule has 0 spiro atoms. The van der Waals surface area contributed by atoms with Crippen LogP contribution in [-0.2, 0) is 0 Å². The van der Waals surface area contributed by atoms with Crippen LogP contribution < -0.4 is 11.4 Å². The zero-order valence-corrected chi connectivity index (χ0v) is 11.0. The number of hydrogen-bond donors (Lipinski definition) is 2. The summed E-state index contributed by atoms with van der Waals surface area (Å²) in [5, 5.41) is 15.0. The molecule has 0 saturated heterocycles. The van der Waals surface area contributed by atoms with Crippen molar-refractivity contribution in [3.8, 4) is 0 Å². The standard InChI is InChI=1S/C14H8N4O4/c19-12-15-10-6-8-4-2-1-3-7(8)5-9(10)11-16-18(14(21)22)13(20)17(11)12/h1-6H,(H,15,19)(H,21,22). The van der Waals surface area contributed by atoms with Gasteiger partial charge in [-0.3, -0.25) is 0 Å². The van der Waals surface area contributed by atoms with Crippen LogP contribution in [0, 0.1) is 0 Å². The van der Waals surface area contributed by atoms with E-state index in [1.54, 1.807) is 12.1 Å². The fourth-order valence-corrected chi connectivity index (χ4v) is 2.55. The molecule has 0 aliphatic carbocycles. The molecule has 4 aromatic rings. The fourth-order valence-electron chi connectivity index (χ4n) is 2.55. The first kappa shape index (κ1) is 12.3. The molecule has 108 valence electrons. The molecule has 0 atom stereocenters. The van der Waals surface area contributed by atoms with Crippen molar-refractivity contribution in [1.29, 1.82) is 0 Å². The van der Waals surface area contributed by atoms with Crippen molar-refractivity contribution in [2.45, 2.75) is 0 Å². The zero-order chi connectivity index (χ0) is 15.4. The number of H-pyrrole nitrogens is 1. The Morgan fingerprint density at radius 3 is 2.50 bits per heavy atom. The molecule has 0 saturated carbocycles. The van der Waals surface area contributed by atoms with Crippen LogP contribution in [0.25, 0.3) is 27.3 Å². The third-order valence-electron chi connectivity index (χ3n) is 3.53. The number of nitrogens with zero attached hydrogens (tertiary/aromatic N) is 3. The smallest absolute Gasteiger partial charge is 0.436 e. The van der Waals surface area contributed by atoms with E-state index in [9.17, 15) is 14.4 Å². The summed E-state index contributed by atoms with van der Waals surface area (Å²) in [6, 6.07) is 11.0. The third-order valence-corrected chi connectivity index (χ3v) is 3.53. The molecule has 0 unspecified atom stereocenters. The van der Waals surface area contributed by atoms with Gasteiger partial charge in [-0.15, -0.1) is 9.78 Å². The number of nitrogens with one attached hydrogen (secondary N) is 1. The maximum Gasteiger partial charge on any atom is 0.436 e. The van der Waals surface area contributed by atoms with Gasteiger partial charge < -0.3 is 10.1 Å². The maximum absolute atomic E-state index is 12.0. The van der Waals surface area contributed by atoms with Gasteiger partial charge in [0.25, 0.3) is 0 Å². The molecule has 0 radical (unpaired) electrons. The Morgan fingerprint density at radius 2 is 1.82 bits per heavy atom. The summed E-state index contributed by atoms with van der Waals surface area (Å²) in [4.78, 5) is 37.6. The molecule has 2 heterocycles. The van der Waals surface area contributed by atoms with Crippen LogP contribution >= 0.6 is 0 Å². The van der Waals surface area contributed by atoms with Crippen molar-refractivity contribution < 1.29 is 9.90 Å². The fraction of sp³-hybridized carbons (Fsp3) is 0. The lowest BCUT2D eigenvalue weighted by molar-refractivity contribution is 0.191. The molecular weight excluding hydrogens is 288 g/mol. The topological polar surface area (TPSA) is 109 Å². The second kappa shape index (κ2) is 4.04. The highest BCUT2D eigenvalue weighted by molar-refractivity contribution is 6.01. The first-order chi connectivity index (χ1) is 10.6. The molecule has 0 aliphatic heterocycles. The van der Waals surface area contributed by atoms with Crippen molar-refractivity contribution in [3.05, 3.63) is 57.4 Å². The normalized spacial score (nSPS) is 11.5. The van der Waals surface area contributed by atoms with Gasteiger partial charge in [-0.25, -0.2) is 14.4 Å². The first-order valence-electron chi connectivity index (χ1n) is 6.36. The molecule has 8 heteroatoms. The van der Waals surface area contributed by atoms with E-state index in [4.69, 9.17) is 5.11 Å². The largest absolute Gasteiger partial charge is 0.463 e. The van der Waals surface area contributed by atoms with E-state index < -0.39 is 17.5 Å². The quantitative estimate of drug-likeness (QED) is 0.471. The lowest BCUT2D eigenvalue weighted by Crippen LogP contribution is -2.32. The van der Waals surface area contributed by atoms with Gasteiger partial charge in [0.15, 0.2) is 5.65 Å². The molecule has 0 bridgehead atoms. The molecule has 0 amide bonds. The second-order valence-corrected chi connectivity index (χ2v) is 4.81. The molecule has 2 aromatic heterocycles. The van der Waals surface area contributed by atoms with Crippen molar-refractivity contribution in [1.82, 2.24) is 19.2 Å². The van der Waals surface area contributed by atoms with E-state index in [0.29, 0.717) is 15.3 Å². The summed E-state index contributed by atoms with van der Waals surface area (Å²) in [5.74, 6) is 0. The number of aromatic nitrogens is 4. The number of fused-ring (bicyclic) bond motifs is 4. The van der Waals surface area contributed by atoms with Crippen molar-refractivity contribution in [2.75, 3.05) is 0 Å². The Bertz CT molecular complexity index is 1200. The molecule has 22 heavy (non-hydrogen) atoms. The minimum atomic E-state index is -1.54. The summed E-state index contributed by atoms with van der Waals surface area (Å²) in [7, 11) is 0. The van der Waals surface area contributed by atoms with Crippen LogP contribution in [0.5, 0.6) is 0 Å². The Hall–Kier alpha value is -3.42. The summed E-state index contributed by atoms with van der Waals surface area (Å²) < 4.78 is 0.963. The number of carboxylic acid groups (broad SMARTS) is 1. The Balaban J connectivity index is 2.29. The Kier molecular flexibility index (Phi) is 2.27. The van der Waals surface area contributed by atoms with Gasteiger partial charge in [0.05, 0.1) is 5.52 Å². The van der Waals surface area contributed by atoms with Crippen LogP contribution in [0.2, 0.25) is 0 Å². The minimum Gasteiger partial charge on any atom is -0.463 e. The summed E-state index contributed by atoms with van der Waals surface area (Å²) in [6.07, 6.45) is -1.54. The lowest BCUT2D eigenvalue weighted by atomic mass is 10.1. The van der Waals surface area contributed by atoms with Crippen LogP contribution in [0.3, 0.4) is 0 Å². The predicted molar refractivity (Wildman–Crippen MR) is 78.5 cm³/mol. The van der Waals surface area contributed by atoms with Crippen molar-refractivity contribution in [3.63, 3.8) is 0 Å². The van der Waals surface area contributed by atoms with E-state index in [0.717, 1.165) is 10.8 Å². The highest BCUT2D eigenvalue weighted by atomic mass is 16.4. The Labute approximate surface area is 120 Å². The summed E-state index contributed by atoms with van der Waals surface area (Å²) in [5.41, 5.74) is -1.25. The van der Waals surface area contributed by atoms with Crippen molar-refractivity contribution >= 4 is 33.4 Å².